The molecule has 0 amide bonds. The van der Waals surface area contributed by atoms with Gasteiger partial charge in [0.1, 0.15) is 0 Å². The molecule has 0 N–H and O–H groups in total. The summed E-state index contributed by atoms with van der Waals surface area (Å²) in [5.74, 6) is 0. The maximum Gasteiger partial charge on any atom is 0.495 e. The molecule has 0 radical (unpaired) electrons. The molecule has 0 spiro atoms. The molecule has 2 fully saturated rings. The Hall–Kier alpha value is -2.11. The number of hydrogen-bond acceptors (Lipinski definition) is 4. The minimum Gasteiger partial charge on any atom is -0.400 e. The normalized spacial score (nSPS) is 24.6. The second-order valence-corrected chi connectivity index (χ2v) is 12.2. The third kappa shape index (κ3) is 4.22. The lowest BCUT2D eigenvalue weighted by atomic mass is 9.58. The summed E-state index contributed by atoms with van der Waals surface area (Å²) in [6.07, 6.45) is 1.70. The third-order valence-corrected chi connectivity index (χ3v) is 8.77. The van der Waals surface area contributed by atoms with Gasteiger partial charge in [-0.25, -0.2) is 0 Å². The predicted octanol–water partition coefficient (Wildman–Crippen LogP) is 6.95. The topological polar surface area (TPSA) is 36.9 Å². The first kappa shape index (κ1) is 25.5. The van der Waals surface area contributed by atoms with Crippen LogP contribution in [0.25, 0.3) is 11.1 Å². The minimum atomic E-state index is -0.502. The molecule has 2 saturated heterocycles. The zero-order chi connectivity index (χ0) is 25.9. The fourth-order valence-electron chi connectivity index (χ4n) is 5.17. The van der Waals surface area contributed by atoms with Crippen LogP contribution in [0.3, 0.4) is 0 Å². The van der Waals surface area contributed by atoms with Gasteiger partial charge in [0.05, 0.1) is 22.4 Å². The van der Waals surface area contributed by atoms with Crippen molar-refractivity contribution in [2.24, 2.45) is 0 Å². The monoisotopic (exact) mass is 484 g/mol. The average molecular weight is 484 g/mol. The van der Waals surface area contributed by atoms with Gasteiger partial charge in [0.15, 0.2) is 0 Å². The molecular formula is C30H38B2O4. The Balaban J connectivity index is 1.75. The van der Waals surface area contributed by atoms with Crippen LogP contribution in [0, 0.1) is 0 Å². The smallest absolute Gasteiger partial charge is 0.400 e. The molecule has 188 valence electrons. The van der Waals surface area contributed by atoms with Gasteiger partial charge in [-0.3, -0.25) is 0 Å². The Morgan fingerprint density at radius 1 is 0.528 bits per heavy atom. The van der Waals surface area contributed by atoms with E-state index in [2.05, 4.69) is 116 Å². The highest BCUT2D eigenvalue weighted by molar-refractivity contribution is 6.64. The van der Waals surface area contributed by atoms with Crippen LogP contribution in [0.15, 0.2) is 71.6 Å². The molecule has 36 heavy (non-hydrogen) atoms. The van der Waals surface area contributed by atoms with E-state index < -0.39 is 36.6 Å². The molecule has 0 atom stereocenters. The minimum absolute atomic E-state index is 0.416. The maximum absolute atomic E-state index is 6.70. The lowest BCUT2D eigenvalue weighted by Crippen LogP contribution is -2.41. The zero-order valence-corrected chi connectivity index (χ0v) is 23.0. The Labute approximate surface area is 217 Å². The van der Waals surface area contributed by atoms with Crippen molar-refractivity contribution in [3.05, 3.63) is 82.7 Å². The molecule has 2 aromatic rings. The maximum atomic E-state index is 6.70. The Morgan fingerprint density at radius 2 is 0.944 bits per heavy atom. The molecule has 0 aromatic heterocycles. The molecule has 2 aromatic carbocycles. The Kier molecular flexibility index (Phi) is 6.19. The average Bonchev–Trinajstić information content (AvgIpc) is 3.18. The Morgan fingerprint density at radius 3 is 1.42 bits per heavy atom. The molecule has 5 rings (SSSR count). The summed E-state index contributed by atoms with van der Waals surface area (Å²) in [6.45, 7) is 16.9. The van der Waals surface area contributed by atoms with E-state index in [4.69, 9.17) is 18.6 Å². The van der Waals surface area contributed by atoms with Crippen LogP contribution in [-0.2, 0) is 18.6 Å². The standard InChI is InChI=1S/C30H38B2O4/c1-27(2)28(3,4)34-31(33-27)24-20-19-23(21-15-11-9-12-16-21)26(25(24)22-17-13-10-14-18-22)32-35-29(5,6)30(7,8)36-32/h9-18H,19-20H2,1-8H3. The highest BCUT2D eigenvalue weighted by Crippen LogP contribution is 2.50. The molecule has 2 heterocycles. The van der Waals surface area contributed by atoms with Crippen molar-refractivity contribution >= 4 is 25.4 Å². The highest BCUT2D eigenvalue weighted by atomic mass is 16.7. The lowest BCUT2D eigenvalue weighted by Gasteiger charge is -2.32. The van der Waals surface area contributed by atoms with Gasteiger partial charge >= 0.3 is 14.2 Å². The van der Waals surface area contributed by atoms with E-state index >= 15 is 0 Å². The number of benzene rings is 2. The van der Waals surface area contributed by atoms with E-state index in [0.717, 1.165) is 34.9 Å². The summed E-state index contributed by atoms with van der Waals surface area (Å²) in [5.41, 5.74) is 5.22. The van der Waals surface area contributed by atoms with Crippen molar-refractivity contribution in [1.29, 1.82) is 0 Å². The van der Waals surface area contributed by atoms with Gasteiger partial charge in [-0.2, -0.15) is 0 Å². The van der Waals surface area contributed by atoms with Gasteiger partial charge in [-0.1, -0.05) is 60.7 Å². The van der Waals surface area contributed by atoms with Gasteiger partial charge in [0.2, 0.25) is 0 Å². The van der Waals surface area contributed by atoms with Crippen LogP contribution in [0.2, 0.25) is 0 Å². The summed E-state index contributed by atoms with van der Waals surface area (Å²) >= 11 is 0. The first-order chi connectivity index (χ1) is 16.8. The third-order valence-electron chi connectivity index (χ3n) is 8.77. The van der Waals surface area contributed by atoms with Crippen LogP contribution < -0.4 is 0 Å². The van der Waals surface area contributed by atoms with Crippen molar-refractivity contribution in [1.82, 2.24) is 0 Å². The summed E-state index contributed by atoms with van der Waals surface area (Å²) in [5, 5.41) is 0. The van der Waals surface area contributed by atoms with Gasteiger partial charge < -0.3 is 18.6 Å². The molecule has 1 aliphatic carbocycles. The van der Waals surface area contributed by atoms with Crippen molar-refractivity contribution < 1.29 is 18.6 Å². The molecule has 0 unspecified atom stereocenters. The molecule has 6 heteroatoms. The molecule has 3 aliphatic rings. The number of allylic oxidation sites excluding steroid dienone is 4. The molecule has 4 nitrogen and oxygen atoms in total. The Bertz CT molecular complexity index is 1160. The van der Waals surface area contributed by atoms with Crippen molar-refractivity contribution in [3.8, 4) is 0 Å². The molecule has 0 saturated carbocycles. The SMILES string of the molecule is CC1(C)OB(C2=C(c3ccccc3)C(B3OC(C)(C)C(C)(C)O3)=C(c3ccccc3)CC2)OC1(C)C. The second kappa shape index (κ2) is 8.73. The van der Waals surface area contributed by atoms with Crippen LogP contribution in [-0.4, -0.2) is 36.6 Å². The van der Waals surface area contributed by atoms with Gasteiger partial charge in [0, 0.05) is 0 Å². The van der Waals surface area contributed by atoms with E-state index in [-0.39, 0.29) is 0 Å². The van der Waals surface area contributed by atoms with Crippen LogP contribution >= 0.6 is 0 Å². The van der Waals surface area contributed by atoms with Gasteiger partial charge in [0.25, 0.3) is 0 Å². The van der Waals surface area contributed by atoms with Crippen LogP contribution in [0.5, 0.6) is 0 Å². The number of hydrogen-bond donors (Lipinski definition) is 0. The number of rotatable bonds is 4. The fraction of sp³-hybridized carbons (Fsp3) is 0.467. The van der Waals surface area contributed by atoms with Gasteiger partial charge in [-0.05, 0) is 101 Å². The van der Waals surface area contributed by atoms with E-state index in [9.17, 15) is 0 Å². The van der Waals surface area contributed by atoms with Crippen LogP contribution in [0.4, 0.5) is 0 Å². The van der Waals surface area contributed by atoms with Crippen molar-refractivity contribution in [2.45, 2.75) is 90.6 Å². The fourth-order valence-corrected chi connectivity index (χ4v) is 5.17. The van der Waals surface area contributed by atoms with Crippen molar-refractivity contribution in [2.75, 3.05) is 0 Å². The second-order valence-electron chi connectivity index (χ2n) is 12.2. The predicted molar refractivity (Wildman–Crippen MR) is 148 cm³/mol. The molecule has 2 aliphatic heterocycles. The molecular weight excluding hydrogens is 446 g/mol. The van der Waals surface area contributed by atoms with E-state index in [1.165, 1.54) is 11.1 Å². The summed E-state index contributed by atoms with van der Waals surface area (Å²) < 4.78 is 26.6. The van der Waals surface area contributed by atoms with E-state index in [1.54, 1.807) is 0 Å². The highest BCUT2D eigenvalue weighted by Gasteiger charge is 2.57. The summed E-state index contributed by atoms with van der Waals surface area (Å²) in [4.78, 5) is 0. The largest absolute Gasteiger partial charge is 0.495 e. The van der Waals surface area contributed by atoms with Crippen molar-refractivity contribution in [3.63, 3.8) is 0 Å². The first-order valence-corrected chi connectivity index (χ1v) is 13.1. The van der Waals surface area contributed by atoms with Gasteiger partial charge in [-0.15, -0.1) is 0 Å². The summed E-state index contributed by atoms with van der Waals surface area (Å²) in [7, 11) is -0.932. The quantitative estimate of drug-likeness (QED) is 0.440. The van der Waals surface area contributed by atoms with E-state index in [1.807, 2.05) is 0 Å². The van der Waals surface area contributed by atoms with Crippen LogP contribution in [0.1, 0.15) is 79.4 Å². The zero-order valence-electron chi connectivity index (χ0n) is 23.0. The first-order valence-electron chi connectivity index (χ1n) is 13.1. The lowest BCUT2D eigenvalue weighted by molar-refractivity contribution is 0.00578. The summed E-state index contributed by atoms with van der Waals surface area (Å²) in [6, 6.07) is 21.2. The van der Waals surface area contributed by atoms with E-state index in [0.29, 0.717) is 0 Å². The molecule has 0 bridgehead atoms.